The Morgan fingerprint density at radius 2 is 1.35 bits per heavy atom. The molecule has 1 N–H and O–H groups in total. The Bertz CT molecular complexity index is 2080. The number of fused-ring (bicyclic) bond motifs is 4. The van der Waals surface area contributed by atoms with Crippen molar-refractivity contribution in [2.45, 2.75) is 143 Å². The Balaban J connectivity index is 0.000000189. The molecule has 5 amide bonds. The van der Waals surface area contributed by atoms with Gasteiger partial charge in [-0.3, -0.25) is 14.6 Å². The van der Waals surface area contributed by atoms with Gasteiger partial charge in [0.2, 0.25) is 11.8 Å². The van der Waals surface area contributed by atoms with E-state index in [1.807, 2.05) is 60.9 Å². The number of benzene rings is 1. The Morgan fingerprint density at radius 3 is 2.00 bits per heavy atom. The molecule has 0 bridgehead atoms. The summed E-state index contributed by atoms with van der Waals surface area (Å²) in [6.07, 6.45) is 13.1. The van der Waals surface area contributed by atoms with E-state index in [9.17, 15) is 19.2 Å². The number of urea groups is 1. The third-order valence-corrected chi connectivity index (χ3v) is 14.2. The lowest BCUT2D eigenvalue weighted by atomic mass is 9.80. The fourth-order valence-corrected chi connectivity index (χ4v) is 10.9. The molecule has 0 radical (unpaired) electrons. The molecule has 2 aliphatic heterocycles. The topological polar surface area (TPSA) is 115 Å². The number of aromatic nitrogens is 1. The molecule has 11 nitrogen and oxygen atoms in total. The van der Waals surface area contributed by atoms with Crippen LogP contribution in [0.4, 0.5) is 9.59 Å². The summed E-state index contributed by atoms with van der Waals surface area (Å²) in [5, 5.41) is 3.03. The molecule has 0 saturated heterocycles. The molecule has 2 saturated carbocycles. The van der Waals surface area contributed by atoms with E-state index >= 15 is 0 Å². The number of hydrogen-bond donors (Lipinski definition) is 1. The Morgan fingerprint density at radius 1 is 0.746 bits per heavy atom. The third kappa shape index (κ3) is 11.4. The summed E-state index contributed by atoms with van der Waals surface area (Å²) >= 11 is 0. The molecule has 0 unspecified atom stereocenters. The number of ether oxygens (including phenoxy) is 1. The van der Waals surface area contributed by atoms with E-state index in [1.54, 1.807) is 16.8 Å². The number of hydrogen-bond acceptors (Lipinski definition) is 6. The molecular formula is C52H74N6O5. The minimum absolute atomic E-state index is 0.0144. The zero-order chi connectivity index (χ0) is 45.2. The van der Waals surface area contributed by atoms with Crippen LogP contribution in [0.5, 0.6) is 0 Å². The Labute approximate surface area is 377 Å². The maximum Gasteiger partial charge on any atom is 0.410 e. The van der Waals surface area contributed by atoms with Crippen LogP contribution in [0.2, 0.25) is 0 Å². The van der Waals surface area contributed by atoms with Crippen LogP contribution in [0.25, 0.3) is 11.1 Å². The maximum atomic E-state index is 13.4. The number of pyridine rings is 1. The maximum absolute atomic E-state index is 13.4. The monoisotopic (exact) mass is 863 g/mol. The minimum atomic E-state index is -0.476. The fourth-order valence-electron chi connectivity index (χ4n) is 10.9. The lowest BCUT2D eigenvalue weighted by molar-refractivity contribution is -0.138. The smallest absolute Gasteiger partial charge is 0.410 e. The van der Waals surface area contributed by atoms with Crippen LogP contribution in [0.3, 0.4) is 0 Å². The number of amides is 5. The van der Waals surface area contributed by atoms with E-state index in [2.05, 4.69) is 57.4 Å². The highest BCUT2D eigenvalue weighted by molar-refractivity contribution is 5.85. The third-order valence-electron chi connectivity index (χ3n) is 14.2. The number of rotatable bonds is 6. The number of nitrogens with one attached hydrogen (secondary N) is 1. The molecule has 11 heteroatoms. The minimum Gasteiger partial charge on any atom is -0.444 e. The lowest BCUT2D eigenvalue weighted by Crippen LogP contribution is -2.49. The van der Waals surface area contributed by atoms with Crippen molar-refractivity contribution in [3.8, 4) is 0 Å². The first kappa shape index (κ1) is 46.3. The molecule has 63 heavy (non-hydrogen) atoms. The number of carbonyl (C=O) groups excluding carboxylic acids is 4. The van der Waals surface area contributed by atoms with Gasteiger partial charge in [0.1, 0.15) is 5.60 Å². The highest BCUT2D eigenvalue weighted by Crippen LogP contribution is 2.42. The van der Waals surface area contributed by atoms with E-state index < -0.39 is 5.60 Å². The first-order chi connectivity index (χ1) is 29.8. The van der Waals surface area contributed by atoms with Crippen LogP contribution in [-0.2, 0) is 27.2 Å². The van der Waals surface area contributed by atoms with Crippen molar-refractivity contribution in [2.75, 3.05) is 46.8 Å². The fraction of sp³-hybridized carbons (Fsp3) is 0.635. The van der Waals surface area contributed by atoms with Crippen molar-refractivity contribution in [2.24, 2.45) is 23.7 Å². The average molecular weight is 863 g/mol. The van der Waals surface area contributed by atoms with Gasteiger partial charge in [-0.1, -0.05) is 30.3 Å². The standard InChI is InChI=1S/C27H39N3O2.C25H35N3O3/c1-18-14-24-22(15-21-8-6-7-9-23(21)24)17-30(18)25(31)20-12-10-19(11-13-20)16-29(5)26(32)28-27(2,3)4;1-25(2,3)31-24(30)27(4)15-17-7-9-18(10-8-17)23(29)28-13-11-20-19(16-28)14-22-21(20)6-5-12-26-22/h6-9,18-20H,10-17H2,1-5H3,(H,28,32);5-6,12,17-18H,7-11,13-16H2,1-4H3/t18-,19?,20?;/m1./s1. The Hall–Kier alpha value is -4.67. The second-order valence-electron chi connectivity index (χ2n) is 21.6. The van der Waals surface area contributed by atoms with Gasteiger partial charge in [0.05, 0.1) is 5.69 Å². The van der Waals surface area contributed by atoms with Gasteiger partial charge in [-0.15, -0.1) is 0 Å². The van der Waals surface area contributed by atoms with Crippen LogP contribution >= 0.6 is 0 Å². The Kier molecular flexibility index (Phi) is 14.1. The van der Waals surface area contributed by atoms with Crippen LogP contribution in [0, 0.1) is 23.7 Å². The van der Waals surface area contributed by atoms with Crippen LogP contribution < -0.4 is 5.32 Å². The summed E-state index contributed by atoms with van der Waals surface area (Å²) < 4.78 is 5.45. The zero-order valence-electron chi connectivity index (χ0n) is 39.7. The molecule has 1 atom stereocenters. The van der Waals surface area contributed by atoms with Gasteiger partial charge in [-0.2, -0.15) is 0 Å². The van der Waals surface area contributed by atoms with Gasteiger partial charge in [0, 0.05) is 82.9 Å². The molecule has 2 fully saturated rings. The van der Waals surface area contributed by atoms with E-state index in [-0.39, 0.29) is 35.5 Å². The van der Waals surface area contributed by atoms with E-state index in [1.165, 1.54) is 39.0 Å². The molecule has 0 spiro atoms. The molecule has 1 aromatic heterocycles. The van der Waals surface area contributed by atoms with Crippen molar-refractivity contribution in [3.05, 3.63) is 76.1 Å². The van der Waals surface area contributed by atoms with Crippen molar-refractivity contribution in [1.82, 2.24) is 29.9 Å². The largest absolute Gasteiger partial charge is 0.444 e. The van der Waals surface area contributed by atoms with Gasteiger partial charge < -0.3 is 29.7 Å². The summed E-state index contributed by atoms with van der Waals surface area (Å²) in [6.45, 7) is 17.7. The summed E-state index contributed by atoms with van der Waals surface area (Å²) in [7, 11) is 3.68. The lowest BCUT2D eigenvalue weighted by Gasteiger charge is -2.39. The number of nitrogens with zero attached hydrogens (tertiary/aromatic N) is 5. The quantitative estimate of drug-likeness (QED) is 0.310. The molecule has 342 valence electrons. The van der Waals surface area contributed by atoms with E-state index in [0.717, 1.165) is 109 Å². The molecule has 1 aromatic carbocycles. The summed E-state index contributed by atoms with van der Waals surface area (Å²) in [5.41, 5.74) is 10.3. The van der Waals surface area contributed by atoms with Crippen LogP contribution in [-0.4, -0.2) is 113 Å². The van der Waals surface area contributed by atoms with Gasteiger partial charge in [0.15, 0.2) is 0 Å². The van der Waals surface area contributed by atoms with Crippen molar-refractivity contribution in [1.29, 1.82) is 0 Å². The molecule has 8 rings (SSSR count). The predicted octanol–water partition coefficient (Wildman–Crippen LogP) is 9.16. The van der Waals surface area contributed by atoms with E-state index in [4.69, 9.17) is 4.74 Å². The first-order valence-corrected chi connectivity index (χ1v) is 23.8. The van der Waals surface area contributed by atoms with Crippen molar-refractivity contribution < 1.29 is 23.9 Å². The molecular weight excluding hydrogens is 789 g/mol. The molecule has 3 heterocycles. The van der Waals surface area contributed by atoms with Gasteiger partial charge >= 0.3 is 12.1 Å². The highest BCUT2D eigenvalue weighted by Gasteiger charge is 2.38. The highest BCUT2D eigenvalue weighted by atomic mass is 16.6. The van der Waals surface area contributed by atoms with Gasteiger partial charge in [-0.25, -0.2) is 9.59 Å². The summed E-state index contributed by atoms with van der Waals surface area (Å²) in [4.78, 5) is 63.5. The summed E-state index contributed by atoms with van der Waals surface area (Å²) in [5.74, 6) is 1.83. The second-order valence-corrected chi connectivity index (χ2v) is 21.6. The zero-order valence-corrected chi connectivity index (χ0v) is 39.7. The SMILES string of the molecule is CN(CC1CCC(C(=O)N2CCC3=C(Cc4ncccc43)C2)CC1)C(=O)OC(C)(C)C.C[C@@H]1CC2=C(Cc3ccccc32)CN1C(=O)C1CCC(CN(C)C(=O)NC(C)(C)C)CC1. The van der Waals surface area contributed by atoms with Gasteiger partial charge in [-0.05, 0) is 176 Å². The van der Waals surface area contributed by atoms with Crippen LogP contribution in [0.15, 0.2) is 53.7 Å². The average Bonchev–Trinajstić information content (AvgIpc) is 3.80. The predicted molar refractivity (Wildman–Crippen MR) is 250 cm³/mol. The van der Waals surface area contributed by atoms with E-state index in [0.29, 0.717) is 30.2 Å². The number of carbonyl (C=O) groups is 4. The van der Waals surface area contributed by atoms with Gasteiger partial charge in [0.25, 0.3) is 0 Å². The van der Waals surface area contributed by atoms with Crippen molar-refractivity contribution in [3.63, 3.8) is 0 Å². The normalized spacial score (nSPS) is 24.3. The first-order valence-electron chi connectivity index (χ1n) is 23.8. The van der Waals surface area contributed by atoms with Crippen LogP contribution in [0.1, 0.15) is 135 Å². The molecule has 6 aliphatic rings. The molecule has 2 aromatic rings. The second kappa shape index (κ2) is 19.2. The summed E-state index contributed by atoms with van der Waals surface area (Å²) in [6, 6.07) is 13.1. The molecule has 4 aliphatic carbocycles. The van der Waals surface area contributed by atoms with Crippen molar-refractivity contribution >= 4 is 35.1 Å².